The first-order chi connectivity index (χ1) is 6.81. The van der Waals surface area contributed by atoms with Crippen LogP contribution in [-0.4, -0.2) is 22.9 Å². The molecule has 1 N–H and O–H groups in total. The monoisotopic (exact) mass is 195 g/mol. The van der Waals surface area contributed by atoms with E-state index >= 15 is 0 Å². The third kappa shape index (κ3) is 2.84. The molecule has 1 heterocycles. The van der Waals surface area contributed by atoms with Crippen molar-refractivity contribution in [2.45, 2.75) is 40.2 Å². The van der Waals surface area contributed by atoms with Crippen LogP contribution in [0.4, 0.5) is 0 Å². The Balaban J connectivity index is 2.59. The molecule has 0 amide bonds. The molecule has 1 aromatic heterocycles. The van der Waals surface area contributed by atoms with Crippen molar-refractivity contribution >= 4 is 0 Å². The second-order valence-electron chi connectivity index (χ2n) is 3.41. The smallest absolute Gasteiger partial charge is 0.0624 e. The molecule has 1 rings (SSSR count). The Bertz CT molecular complexity index is 265. The molecule has 0 saturated carbocycles. The van der Waals surface area contributed by atoms with Gasteiger partial charge in [0.05, 0.1) is 12.2 Å². The van der Waals surface area contributed by atoms with Crippen molar-refractivity contribution < 1.29 is 0 Å². The van der Waals surface area contributed by atoms with Crippen molar-refractivity contribution in [1.29, 1.82) is 0 Å². The number of hydrogen-bond donors (Lipinski definition) is 1. The third-order valence-corrected chi connectivity index (χ3v) is 2.39. The van der Waals surface area contributed by atoms with Crippen molar-refractivity contribution in [3.8, 4) is 0 Å². The lowest BCUT2D eigenvalue weighted by atomic mass is 10.3. The van der Waals surface area contributed by atoms with Gasteiger partial charge in [-0.1, -0.05) is 20.8 Å². The highest BCUT2D eigenvalue weighted by molar-refractivity contribution is 5.10. The third-order valence-electron chi connectivity index (χ3n) is 2.39. The van der Waals surface area contributed by atoms with Gasteiger partial charge < -0.3 is 5.32 Å². The molecule has 80 valence electrons. The van der Waals surface area contributed by atoms with Gasteiger partial charge in [0.15, 0.2) is 0 Å². The summed E-state index contributed by atoms with van der Waals surface area (Å²) in [7, 11) is 0. The van der Waals surface area contributed by atoms with E-state index in [0.717, 1.165) is 32.5 Å². The van der Waals surface area contributed by atoms with Crippen LogP contribution < -0.4 is 5.32 Å². The highest BCUT2D eigenvalue weighted by Gasteiger charge is 2.03. The number of rotatable bonds is 6. The average molecular weight is 195 g/mol. The van der Waals surface area contributed by atoms with Crippen LogP contribution in [0, 0.1) is 0 Å². The summed E-state index contributed by atoms with van der Waals surface area (Å²) >= 11 is 0. The molecule has 3 heteroatoms. The van der Waals surface area contributed by atoms with E-state index in [1.54, 1.807) is 0 Å². The Morgan fingerprint density at radius 3 is 2.64 bits per heavy atom. The van der Waals surface area contributed by atoms with Gasteiger partial charge in [-0.25, -0.2) is 0 Å². The second-order valence-corrected chi connectivity index (χ2v) is 3.41. The second kappa shape index (κ2) is 5.81. The van der Waals surface area contributed by atoms with Crippen molar-refractivity contribution in [2.24, 2.45) is 0 Å². The van der Waals surface area contributed by atoms with Crippen LogP contribution in [0.5, 0.6) is 0 Å². The van der Waals surface area contributed by atoms with Gasteiger partial charge >= 0.3 is 0 Å². The number of likely N-dealkylation sites (N-methyl/N-ethyl adjacent to an activating group) is 1. The zero-order chi connectivity index (χ0) is 10.4. The minimum Gasteiger partial charge on any atom is -0.315 e. The molecule has 3 nitrogen and oxygen atoms in total. The lowest BCUT2D eigenvalue weighted by Crippen LogP contribution is -2.20. The summed E-state index contributed by atoms with van der Waals surface area (Å²) < 4.78 is 2.13. The van der Waals surface area contributed by atoms with Gasteiger partial charge in [-0.05, 0) is 25.5 Å². The number of aromatic nitrogens is 2. The van der Waals surface area contributed by atoms with Gasteiger partial charge in [-0.3, -0.25) is 4.68 Å². The summed E-state index contributed by atoms with van der Waals surface area (Å²) in [6.07, 6.45) is 2.10. The molecule has 0 spiro atoms. The summed E-state index contributed by atoms with van der Waals surface area (Å²) in [5, 5.41) is 7.86. The number of hydrogen-bond acceptors (Lipinski definition) is 2. The first-order valence-electron chi connectivity index (χ1n) is 5.58. The molecule has 0 saturated heterocycles. The highest BCUT2D eigenvalue weighted by Crippen LogP contribution is 2.05. The molecule has 0 radical (unpaired) electrons. The largest absolute Gasteiger partial charge is 0.315 e. The van der Waals surface area contributed by atoms with Crippen LogP contribution >= 0.6 is 0 Å². The van der Waals surface area contributed by atoms with Crippen molar-refractivity contribution in [3.05, 3.63) is 17.5 Å². The summed E-state index contributed by atoms with van der Waals surface area (Å²) in [5.74, 6) is 0. The quantitative estimate of drug-likeness (QED) is 0.699. The van der Waals surface area contributed by atoms with Crippen LogP contribution in [0.1, 0.15) is 32.2 Å². The lowest BCUT2D eigenvalue weighted by Gasteiger charge is -2.05. The number of aryl methyl sites for hydroxylation is 2. The molecular weight excluding hydrogens is 174 g/mol. The van der Waals surface area contributed by atoms with Crippen LogP contribution in [0.15, 0.2) is 6.07 Å². The number of nitrogens with one attached hydrogen (secondary N) is 1. The standard InChI is InChI=1S/C11H21N3/c1-4-10-9-11(5-2)14(13-10)8-7-12-6-3/h9,12H,4-8H2,1-3H3. The molecule has 0 aliphatic carbocycles. The van der Waals surface area contributed by atoms with Gasteiger partial charge in [0.25, 0.3) is 0 Å². The maximum absolute atomic E-state index is 4.55. The fourth-order valence-corrected chi connectivity index (χ4v) is 1.53. The molecule has 0 unspecified atom stereocenters. The molecule has 0 aromatic carbocycles. The SMILES string of the molecule is CCNCCn1nc(CC)cc1CC. The molecule has 1 aromatic rings. The fourth-order valence-electron chi connectivity index (χ4n) is 1.53. The minimum atomic E-state index is 0.983. The van der Waals surface area contributed by atoms with Crippen molar-refractivity contribution in [1.82, 2.24) is 15.1 Å². The van der Waals surface area contributed by atoms with E-state index in [1.165, 1.54) is 11.4 Å². The maximum Gasteiger partial charge on any atom is 0.0624 e. The Kier molecular flexibility index (Phi) is 4.66. The molecule has 0 aliphatic rings. The van der Waals surface area contributed by atoms with Crippen molar-refractivity contribution in [3.63, 3.8) is 0 Å². The molecule has 0 aliphatic heterocycles. The summed E-state index contributed by atoms with van der Waals surface area (Å²) in [4.78, 5) is 0. The zero-order valence-corrected chi connectivity index (χ0v) is 9.51. The molecule has 0 atom stereocenters. The Hall–Kier alpha value is -0.830. The Labute approximate surface area is 86.5 Å². The first-order valence-corrected chi connectivity index (χ1v) is 5.58. The zero-order valence-electron chi connectivity index (χ0n) is 9.51. The predicted molar refractivity (Wildman–Crippen MR) is 59.5 cm³/mol. The topological polar surface area (TPSA) is 29.9 Å². The average Bonchev–Trinajstić information content (AvgIpc) is 2.61. The first kappa shape index (κ1) is 11.2. The van der Waals surface area contributed by atoms with E-state index < -0.39 is 0 Å². The van der Waals surface area contributed by atoms with Gasteiger partial charge in [-0.2, -0.15) is 5.10 Å². The van der Waals surface area contributed by atoms with E-state index in [9.17, 15) is 0 Å². The Morgan fingerprint density at radius 2 is 2.07 bits per heavy atom. The van der Waals surface area contributed by atoms with Crippen LogP contribution in [0.3, 0.4) is 0 Å². The normalized spacial score (nSPS) is 10.8. The van der Waals surface area contributed by atoms with E-state index in [-0.39, 0.29) is 0 Å². The van der Waals surface area contributed by atoms with E-state index in [4.69, 9.17) is 0 Å². The van der Waals surface area contributed by atoms with Gasteiger partial charge in [0.1, 0.15) is 0 Å². The molecular formula is C11H21N3. The Morgan fingerprint density at radius 1 is 1.29 bits per heavy atom. The van der Waals surface area contributed by atoms with Gasteiger partial charge in [0, 0.05) is 12.2 Å². The van der Waals surface area contributed by atoms with E-state index in [0.29, 0.717) is 0 Å². The summed E-state index contributed by atoms with van der Waals surface area (Å²) in [5.41, 5.74) is 2.55. The predicted octanol–water partition coefficient (Wildman–Crippen LogP) is 1.62. The molecule has 0 fully saturated rings. The highest BCUT2D eigenvalue weighted by atomic mass is 15.3. The lowest BCUT2D eigenvalue weighted by molar-refractivity contribution is 0.543. The van der Waals surface area contributed by atoms with Crippen LogP contribution in [-0.2, 0) is 19.4 Å². The van der Waals surface area contributed by atoms with Gasteiger partial charge in [-0.15, -0.1) is 0 Å². The number of nitrogens with zero attached hydrogens (tertiary/aromatic N) is 2. The maximum atomic E-state index is 4.55. The van der Waals surface area contributed by atoms with Crippen molar-refractivity contribution in [2.75, 3.05) is 13.1 Å². The van der Waals surface area contributed by atoms with Crippen LogP contribution in [0.2, 0.25) is 0 Å². The fraction of sp³-hybridized carbons (Fsp3) is 0.727. The van der Waals surface area contributed by atoms with Gasteiger partial charge in [0.2, 0.25) is 0 Å². The minimum absolute atomic E-state index is 0.983. The molecule has 14 heavy (non-hydrogen) atoms. The summed E-state index contributed by atoms with van der Waals surface area (Å²) in [6.45, 7) is 9.48. The summed E-state index contributed by atoms with van der Waals surface area (Å²) in [6, 6.07) is 2.21. The molecule has 0 bridgehead atoms. The van der Waals surface area contributed by atoms with E-state index in [1.807, 2.05) is 0 Å². The van der Waals surface area contributed by atoms with E-state index in [2.05, 4.69) is 41.9 Å². The van der Waals surface area contributed by atoms with Crippen LogP contribution in [0.25, 0.3) is 0 Å².